The Kier molecular flexibility index (Phi) is 2.83. The fourth-order valence-corrected chi connectivity index (χ4v) is 3.20. The number of rotatable bonds is 2. The Bertz CT molecular complexity index is 889. The van der Waals surface area contributed by atoms with Gasteiger partial charge in [-0.15, -0.1) is 0 Å². The molecule has 0 unspecified atom stereocenters. The van der Waals surface area contributed by atoms with Gasteiger partial charge < -0.3 is 9.47 Å². The third-order valence-electron chi connectivity index (χ3n) is 4.55. The van der Waals surface area contributed by atoms with E-state index in [0.717, 1.165) is 35.4 Å². The van der Waals surface area contributed by atoms with Crippen LogP contribution in [0.2, 0.25) is 0 Å². The number of aromatic nitrogens is 2. The quantitative estimate of drug-likeness (QED) is 0.707. The van der Waals surface area contributed by atoms with Crippen LogP contribution in [-0.4, -0.2) is 9.55 Å². The summed E-state index contributed by atoms with van der Waals surface area (Å²) in [5.41, 5.74) is 7.17. The lowest BCUT2D eigenvalue weighted by Gasteiger charge is -2.19. The Hall–Kier alpha value is -2.55. The second-order valence-corrected chi connectivity index (χ2v) is 5.91. The second kappa shape index (κ2) is 4.73. The number of hydrogen-bond donors (Lipinski definition) is 0. The van der Waals surface area contributed by atoms with Crippen LogP contribution in [-0.2, 0) is 20.0 Å². The van der Waals surface area contributed by atoms with Crippen molar-refractivity contribution in [2.75, 3.05) is 4.90 Å². The standard InChI is InChI=1S/C19H19N3/c1-4-14-5-6-16-12-22(13(2)18(16)9-14)17-10-15-7-8-21(3)19(15)20-11-17/h5-11H,2,4,12H2,1,3H3. The molecule has 2 aromatic heterocycles. The highest BCUT2D eigenvalue weighted by Crippen LogP contribution is 2.36. The van der Waals surface area contributed by atoms with Crippen LogP contribution in [0.3, 0.4) is 0 Å². The largest absolute Gasteiger partial charge is 0.336 e. The summed E-state index contributed by atoms with van der Waals surface area (Å²) in [7, 11) is 2.02. The number of aryl methyl sites for hydroxylation is 2. The van der Waals surface area contributed by atoms with Crippen molar-refractivity contribution in [1.29, 1.82) is 0 Å². The van der Waals surface area contributed by atoms with Gasteiger partial charge in [-0.1, -0.05) is 25.6 Å². The van der Waals surface area contributed by atoms with Crippen LogP contribution in [0.15, 0.2) is 49.3 Å². The number of nitrogens with zero attached hydrogens (tertiary/aromatic N) is 3. The van der Waals surface area contributed by atoms with Crippen LogP contribution in [0.25, 0.3) is 16.7 Å². The van der Waals surface area contributed by atoms with Gasteiger partial charge in [0, 0.05) is 36.4 Å². The van der Waals surface area contributed by atoms with Crippen molar-refractivity contribution in [1.82, 2.24) is 9.55 Å². The first-order chi connectivity index (χ1) is 10.7. The van der Waals surface area contributed by atoms with Gasteiger partial charge in [0.25, 0.3) is 0 Å². The number of hydrogen-bond acceptors (Lipinski definition) is 2. The van der Waals surface area contributed by atoms with E-state index < -0.39 is 0 Å². The highest BCUT2D eigenvalue weighted by Gasteiger charge is 2.24. The molecule has 1 aliphatic heterocycles. The van der Waals surface area contributed by atoms with Gasteiger partial charge in [-0.3, -0.25) is 0 Å². The van der Waals surface area contributed by atoms with Crippen molar-refractivity contribution in [3.63, 3.8) is 0 Å². The molecule has 0 amide bonds. The lowest BCUT2D eigenvalue weighted by Crippen LogP contribution is -2.13. The first kappa shape index (κ1) is 13.1. The monoisotopic (exact) mass is 289 g/mol. The maximum atomic E-state index is 4.60. The molecule has 110 valence electrons. The molecular formula is C19H19N3. The lowest BCUT2D eigenvalue weighted by atomic mass is 10.0. The predicted molar refractivity (Wildman–Crippen MR) is 91.8 cm³/mol. The summed E-state index contributed by atoms with van der Waals surface area (Å²) in [5, 5.41) is 1.16. The zero-order chi connectivity index (χ0) is 15.3. The Morgan fingerprint density at radius 1 is 1.23 bits per heavy atom. The summed E-state index contributed by atoms with van der Waals surface area (Å²) in [6.45, 7) is 7.37. The minimum Gasteiger partial charge on any atom is -0.336 e. The Morgan fingerprint density at radius 2 is 2.09 bits per heavy atom. The topological polar surface area (TPSA) is 21.1 Å². The van der Waals surface area contributed by atoms with Crippen molar-refractivity contribution in [2.24, 2.45) is 7.05 Å². The molecule has 1 aliphatic rings. The molecule has 3 heteroatoms. The van der Waals surface area contributed by atoms with Gasteiger partial charge in [0.05, 0.1) is 11.9 Å². The Balaban J connectivity index is 1.75. The van der Waals surface area contributed by atoms with Crippen molar-refractivity contribution >= 4 is 22.4 Å². The zero-order valence-corrected chi connectivity index (χ0v) is 13.0. The van der Waals surface area contributed by atoms with Crippen LogP contribution in [0.1, 0.15) is 23.6 Å². The van der Waals surface area contributed by atoms with E-state index in [1.54, 1.807) is 0 Å². The molecule has 3 nitrogen and oxygen atoms in total. The number of fused-ring (bicyclic) bond motifs is 2. The molecule has 3 heterocycles. The highest BCUT2D eigenvalue weighted by molar-refractivity contribution is 5.87. The van der Waals surface area contributed by atoms with Crippen molar-refractivity contribution in [3.8, 4) is 0 Å². The van der Waals surface area contributed by atoms with Gasteiger partial charge in [0.2, 0.25) is 0 Å². The summed E-state index contributed by atoms with van der Waals surface area (Å²) in [4.78, 5) is 6.85. The van der Waals surface area contributed by atoms with E-state index in [1.807, 2.05) is 24.0 Å². The van der Waals surface area contributed by atoms with Crippen LogP contribution < -0.4 is 4.90 Å². The molecule has 0 saturated heterocycles. The van der Waals surface area contributed by atoms with E-state index in [1.165, 1.54) is 16.7 Å². The van der Waals surface area contributed by atoms with Gasteiger partial charge in [0.15, 0.2) is 0 Å². The number of anilines is 1. The molecule has 0 aliphatic carbocycles. The van der Waals surface area contributed by atoms with Crippen molar-refractivity contribution in [3.05, 3.63) is 66.0 Å². The summed E-state index contributed by atoms with van der Waals surface area (Å²) >= 11 is 0. The first-order valence-corrected chi connectivity index (χ1v) is 7.67. The number of benzene rings is 1. The highest BCUT2D eigenvalue weighted by atomic mass is 15.2. The molecule has 0 saturated carbocycles. The van der Waals surface area contributed by atoms with Crippen LogP contribution in [0.4, 0.5) is 5.69 Å². The van der Waals surface area contributed by atoms with Gasteiger partial charge in [-0.25, -0.2) is 4.98 Å². The molecule has 0 bridgehead atoms. The minimum atomic E-state index is 0.873. The Morgan fingerprint density at radius 3 is 2.91 bits per heavy atom. The fraction of sp³-hybridized carbons (Fsp3) is 0.211. The van der Waals surface area contributed by atoms with E-state index in [0.29, 0.717) is 0 Å². The van der Waals surface area contributed by atoms with Crippen LogP contribution >= 0.6 is 0 Å². The van der Waals surface area contributed by atoms with E-state index in [2.05, 4.69) is 53.7 Å². The normalized spacial score (nSPS) is 13.9. The smallest absolute Gasteiger partial charge is 0.139 e. The van der Waals surface area contributed by atoms with Crippen molar-refractivity contribution in [2.45, 2.75) is 19.9 Å². The summed E-state index contributed by atoms with van der Waals surface area (Å²) < 4.78 is 2.04. The third-order valence-corrected chi connectivity index (χ3v) is 4.55. The van der Waals surface area contributed by atoms with E-state index >= 15 is 0 Å². The molecule has 0 spiro atoms. The predicted octanol–water partition coefficient (Wildman–Crippen LogP) is 4.13. The molecule has 0 atom stereocenters. The molecule has 1 aromatic carbocycles. The second-order valence-electron chi connectivity index (χ2n) is 5.91. The molecule has 22 heavy (non-hydrogen) atoms. The maximum Gasteiger partial charge on any atom is 0.139 e. The third kappa shape index (κ3) is 1.86. The molecular weight excluding hydrogens is 270 g/mol. The molecule has 4 rings (SSSR count). The maximum absolute atomic E-state index is 4.60. The average Bonchev–Trinajstić information content (AvgIpc) is 3.08. The van der Waals surface area contributed by atoms with E-state index in [9.17, 15) is 0 Å². The molecule has 0 N–H and O–H groups in total. The van der Waals surface area contributed by atoms with Gasteiger partial charge in [-0.05, 0) is 35.7 Å². The average molecular weight is 289 g/mol. The van der Waals surface area contributed by atoms with Gasteiger partial charge in [0.1, 0.15) is 5.65 Å². The molecule has 0 radical (unpaired) electrons. The SMILES string of the molecule is C=C1c2cc(CC)ccc2CN1c1cnc2c(ccn2C)c1. The fourth-order valence-electron chi connectivity index (χ4n) is 3.20. The summed E-state index contributed by atoms with van der Waals surface area (Å²) in [6.07, 6.45) is 5.04. The van der Waals surface area contributed by atoms with Crippen LogP contribution in [0, 0.1) is 0 Å². The molecule has 3 aromatic rings. The van der Waals surface area contributed by atoms with Crippen LogP contribution in [0.5, 0.6) is 0 Å². The zero-order valence-electron chi connectivity index (χ0n) is 13.0. The van der Waals surface area contributed by atoms with E-state index in [4.69, 9.17) is 0 Å². The van der Waals surface area contributed by atoms with Crippen molar-refractivity contribution < 1.29 is 0 Å². The first-order valence-electron chi connectivity index (χ1n) is 7.67. The Labute approximate surface area is 130 Å². The van der Waals surface area contributed by atoms with E-state index in [-0.39, 0.29) is 0 Å². The minimum absolute atomic E-state index is 0.873. The van der Waals surface area contributed by atoms with Gasteiger partial charge >= 0.3 is 0 Å². The molecule has 0 fully saturated rings. The van der Waals surface area contributed by atoms with Gasteiger partial charge in [-0.2, -0.15) is 0 Å². The lowest BCUT2D eigenvalue weighted by molar-refractivity contribution is 0.946. The summed E-state index contributed by atoms with van der Waals surface area (Å²) in [5.74, 6) is 0. The number of pyridine rings is 1. The summed E-state index contributed by atoms with van der Waals surface area (Å²) in [6, 6.07) is 11.0.